The SMILES string of the molecule is CC(C)c1ccc(COc2cc(OCC(=O)Nc3nc4ccccc4s3)ccc2C(=O)O)cc1. The van der Waals surface area contributed by atoms with Gasteiger partial charge in [-0.3, -0.25) is 10.1 Å². The molecule has 0 aliphatic heterocycles. The molecule has 4 rings (SSSR count). The highest BCUT2D eigenvalue weighted by molar-refractivity contribution is 7.22. The van der Waals surface area contributed by atoms with Gasteiger partial charge in [-0.25, -0.2) is 9.78 Å². The molecule has 0 radical (unpaired) electrons. The number of para-hydroxylation sites is 1. The maximum Gasteiger partial charge on any atom is 0.339 e. The van der Waals surface area contributed by atoms with E-state index >= 15 is 0 Å². The van der Waals surface area contributed by atoms with Crippen molar-refractivity contribution in [3.63, 3.8) is 0 Å². The molecular formula is C26H24N2O5S. The summed E-state index contributed by atoms with van der Waals surface area (Å²) < 4.78 is 12.3. The Morgan fingerprint density at radius 1 is 1.03 bits per heavy atom. The van der Waals surface area contributed by atoms with E-state index in [2.05, 4.69) is 24.1 Å². The lowest BCUT2D eigenvalue weighted by atomic mass is 10.0. The first-order chi connectivity index (χ1) is 16.4. The van der Waals surface area contributed by atoms with Gasteiger partial charge in [0.2, 0.25) is 0 Å². The van der Waals surface area contributed by atoms with Crippen LogP contribution in [0.1, 0.15) is 41.3 Å². The first kappa shape index (κ1) is 23.3. The van der Waals surface area contributed by atoms with Gasteiger partial charge >= 0.3 is 5.97 Å². The Bertz CT molecular complexity index is 1280. The van der Waals surface area contributed by atoms with Gasteiger partial charge in [0, 0.05) is 6.07 Å². The first-order valence-corrected chi connectivity index (χ1v) is 11.6. The second-order valence-electron chi connectivity index (χ2n) is 7.97. The van der Waals surface area contributed by atoms with Crippen molar-refractivity contribution in [1.82, 2.24) is 4.98 Å². The van der Waals surface area contributed by atoms with Crippen LogP contribution in [0, 0.1) is 0 Å². The van der Waals surface area contributed by atoms with Crippen molar-refractivity contribution in [2.75, 3.05) is 11.9 Å². The Kier molecular flexibility index (Phi) is 7.08. The smallest absolute Gasteiger partial charge is 0.339 e. The maximum atomic E-state index is 12.3. The minimum absolute atomic E-state index is 0.0186. The molecule has 7 nitrogen and oxygen atoms in total. The zero-order chi connectivity index (χ0) is 24.1. The minimum atomic E-state index is -1.11. The normalized spacial score (nSPS) is 10.9. The molecule has 4 aromatic rings. The van der Waals surface area contributed by atoms with Gasteiger partial charge in [-0.05, 0) is 41.3 Å². The summed E-state index contributed by atoms with van der Waals surface area (Å²) in [6.07, 6.45) is 0. The van der Waals surface area contributed by atoms with Crippen LogP contribution in [0.3, 0.4) is 0 Å². The van der Waals surface area contributed by atoms with Crippen LogP contribution in [0.2, 0.25) is 0 Å². The van der Waals surface area contributed by atoms with Crippen LogP contribution in [-0.4, -0.2) is 28.6 Å². The average Bonchev–Trinajstić information content (AvgIpc) is 3.23. The zero-order valence-corrected chi connectivity index (χ0v) is 19.6. The number of benzene rings is 3. The summed E-state index contributed by atoms with van der Waals surface area (Å²) in [6.45, 7) is 4.20. The number of hydrogen-bond donors (Lipinski definition) is 2. The second kappa shape index (κ2) is 10.4. The molecule has 0 fully saturated rings. The quantitative estimate of drug-likeness (QED) is 0.321. The van der Waals surface area contributed by atoms with E-state index in [1.165, 1.54) is 35.1 Å². The van der Waals surface area contributed by atoms with Crippen LogP contribution in [0.25, 0.3) is 10.2 Å². The van der Waals surface area contributed by atoms with E-state index in [0.29, 0.717) is 16.8 Å². The van der Waals surface area contributed by atoms with E-state index in [-0.39, 0.29) is 30.4 Å². The fourth-order valence-electron chi connectivity index (χ4n) is 3.28. The highest BCUT2D eigenvalue weighted by atomic mass is 32.1. The predicted octanol–water partition coefficient (Wildman–Crippen LogP) is 5.71. The van der Waals surface area contributed by atoms with E-state index < -0.39 is 5.97 Å². The third-order valence-electron chi connectivity index (χ3n) is 5.13. The lowest BCUT2D eigenvalue weighted by Crippen LogP contribution is -2.20. The standard InChI is InChI=1S/C26H24N2O5S/c1-16(2)18-9-7-17(8-10-18)14-33-22-13-19(11-12-20(22)25(30)31)32-15-24(29)28-26-27-21-5-3-4-6-23(21)34-26/h3-13,16H,14-15H2,1-2H3,(H,30,31)(H,27,28,29). The van der Waals surface area contributed by atoms with Crippen molar-refractivity contribution in [2.24, 2.45) is 0 Å². The van der Waals surface area contributed by atoms with Gasteiger partial charge in [0.15, 0.2) is 11.7 Å². The van der Waals surface area contributed by atoms with Gasteiger partial charge in [-0.15, -0.1) is 0 Å². The molecule has 0 spiro atoms. The lowest BCUT2D eigenvalue weighted by molar-refractivity contribution is -0.118. The van der Waals surface area contributed by atoms with E-state index in [9.17, 15) is 14.7 Å². The molecule has 0 aliphatic rings. The highest BCUT2D eigenvalue weighted by Gasteiger charge is 2.14. The number of rotatable bonds is 9. The summed E-state index contributed by atoms with van der Waals surface area (Å²) in [6, 6.07) is 20.0. The summed E-state index contributed by atoms with van der Waals surface area (Å²) in [5.41, 5.74) is 2.97. The van der Waals surface area contributed by atoms with Crippen LogP contribution in [0.5, 0.6) is 11.5 Å². The van der Waals surface area contributed by atoms with Gasteiger partial charge in [0.1, 0.15) is 23.7 Å². The molecule has 0 saturated heterocycles. The van der Waals surface area contributed by atoms with Gasteiger partial charge in [-0.1, -0.05) is 61.6 Å². The first-order valence-electron chi connectivity index (χ1n) is 10.8. The van der Waals surface area contributed by atoms with E-state index in [1.54, 1.807) is 0 Å². The fraction of sp³-hybridized carbons (Fsp3) is 0.192. The van der Waals surface area contributed by atoms with Crippen LogP contribution in [0.15, 0.2) is 66.7 Å². The van der Waals surface area contributed by atoms with Gasteiger partial charge in [-0.2, -0.15) is 0 Å². The second-order valence-corrected chi connectivity index (χ2v) is 9.00. The van der Waals surface area contributed by atoms with Crippen LogP contribution >= 0.6 is 11.3 Å². The molecule has 0 saturated carbocycles. The number of carboxylic acid groups (broad SMARTS) is 1. The van der Waals surface area contributed by atoms with Crippen molar-refractivity contribution < 1.29 is 24.2 Å². The molecule has 3 aromatic carbocycles. The fourth-order valence-corrected chi connectivity index (χ4v) is 4.16. The molecule has 1 amide bonds. The molecule has 0 atom stereocenters. The Hall–Kier alpha value is -3.91. The molecule has 1 heterocycles. The molecule has 0 unspecified atom stereocenters. The van der Waals surface area contributed by atoms with Crippen molar-refractivity contribution >= 4 is 38.6 Å². The van der Waals surface area contributed by atoms with Gasteiger partial charge < -0.3 is 14.6 Å². The number of aromatic carboxylic acids is 1. The van der Waals surface area contributed by atoms with Gasteiger partial charge in [0.05, 0.1) is 10.2 Å². The zero-order valence-electron chi connectivity index (χ0n) is 18.8. The summed E-state index contributed by atoms with van der Waals surface area (Å²) in [7, 11) is 0. The average molecular weight is 477 g/mol. The van der Waals surface area contributed by atoms with Crippen molar-refractivity contribution in [2.45, 2.75) is 26.4 Å². The number of thiazole rings is 1. The largest absolute Gasteiger partial charge is 0.488 e. The topological polar surface area (TPSA) is 97.8 Å². The number of amides is 1. The van der Waals surface area contributed by atoms with Crippen molar-refractivity contribution in [3.8, 4) is 11.5 Å². The Labute approximate surface area is 201 Å². The number of fused-ring (bicyclic) bond motifs is 1. The summed E-state index contributed by atoms with van der Waals surface area (Å²) >= 11 is 1.38. The number of ether oxygens (including phenoxy) is 2. The maximum absolute atomic E-state index is 12.3. The highest BCUT2D eigenvalue weighted by Crippen LogP contribution is 2.27. The number of hydrogen-bond acceptors (Lipinski definition) is 6. The van der Waals surface area contributed by atoms with E-state index in [0.717, 1.165) is 15.8 Å². The lowest BCUT2D eigenvalue weighted by Gasteiger charge is -2.13. The molecule has 2 N–H and O–H groups in total. The molecule has 0 aliphatic carbocycles. The Morgan fingerprint density at radius 3 is 2.50 bits per heavy atom. The van der Waals surface area contributed by atoms with E-state index in [1.807, 2.05) is 48.5 Å². The third-order valence-corrected chi connectivity index (χ3v) is 6.09. The minimum Gasteiger partial charge on any atom is -0.488 e. The van der Waals surface area contributed by atoms with Crippen LogP contribution in [-0.2, 0) is 11.4 Å². The molecule has 1 aromatic heterocycles. The monoisotopic (exact) mass is 476 g/mol. The Balaban J connectivity index is 1.39. The number of carbonyl (C=O) groups is 2. The molecular weight excluding hydrogens is 452 g/mol. The van der Waals surface area contributed by atoms with Crippen LogP contribution < -0.4 is 14.8 Å². The summed E-state index contributed by atoms with van der Waals surface area (Å²) in [4.78, 5) is 28.3. The van der Waals surface area contributed by atoms with Crippen molar-refractivity contribution in [1.29, 1.82) is 0 Å². The van der Waals surface area contributed by atoms with Crippen molar-refractivity contribution in [3.05, 3.63) is 83.4 Å². The third kappa shape index (κ3) is 5.71. The predicted molar refractivity (Wildman–Crippen MR) is 132 cm³/mol. The summed E-state index contributed by atoms with van der Waals surface area (Å²) in [5.74, 6) is -0.548. The number of nitrogens with one attached hydrogen (secondary N) is 1. The number of carbonyl (C=O) groups excluding carboxylic acids is 1. The number of aromatic nitrogens is 1. The van der Waals surface area contributed by atoms with Crippen LogP contribution in [0.4, 0.5) is 5.13 Å². The van der Waals surface area contributed by atoms with Gasteiger partial charge in [0.25, 0.3) is 5.91 Å². The molecule has 34 heavy (non-hydrogen) atoms. The summed E-state index contributed by atoms with van der Waals surface area (Å²) in [5, 5.41) is 12.7. The number of carboxylic acids is 1. The molecule has 174 valence electrons. The number of nitrogens with zero attached hydrogens (tertiary/aromatic N) is 1. The Morgan fingerprint density at radius 2 is 1.79 bits per heavy atom. The molecule has 0 bridgehead atoms. The number of anilines is 1. The van der Waals surface area contributed by atoms with E-state index in [4.69, 9.17) is 9.47 Å². The molecule has 8 heteroatoms.